The minimum Gasteiger partial charge on any atom is -0.475 e. The Labute approximate surface area is 119 Å². The summed E-state index contributed by atoms with van der Waals surface area (Å²) in [6.45, 7) is 0. The maximum absolute atomic E-state index is 10.6. The number of rotatable bonds is 0. The van der Waals surface area contributed by atoms with Crippen LogP contribution >= 0.6 is 0 Å². The molecule has 0 aliphatic heterocycles. The zero-order valence-corrected chi connectivity index (χ0v) is 10.3. The Hall–Kier alpha value is -2.77. The lowest BCUT2D eigenvalue weighted by Crippen LogP contribution is -2.21. The molecule has 0 fully saturated rings. The number of halogens is 6. The second-order valence-corrected chi connectivity index (χ2v) is 3.08. The molecule has 0 saturated carbocycles. The molecular formula is C11H7F6NO4. The van der Waals surface area contributed by atoms with Crippen molar-refractivity contribution in [1.82, 2.24) is 0 Å². The van der Waals surface area contributed by atoms with Crippen LogP contribution in [0.5, 0.6) is 0 Å². The van der Waals surface area contributed by atoms with Crippen LogP contribution in [0.4, 0.5) is 26.3 Å². The van der Waals surface area contributed by atoms with Gasteiger partial charge in [0.2, 0.25) is 0 Å². The molecule has 122 valence electrons. The molecule has 5 nitrogen and oxygen atoms in total. The van der Waals surface area contributed by atoms with Gasteiger partial charge in [-0.3, -0.25) is 0 Å². The van der Waals surface area contributed by atoms with Crippen molar-refractivity contribution < 1.29 is 46.1 Å². The van der Waals surface area contributed by atoms with Crippen LogP contribution in [-0.4, -0.2) is 34.5 Å². The second kappa shape index (κ2) is 9.22. The van der Waals surface area contributed by atoms with Crippen LogP contribution in [0.15, 0.2) is 30.3 Å². The van der Waals surface area contributed by atoms with Crippen molar-refractivity contribution in [1.29, 1.82) is 5.26 Å². The predicted octanol–water partition coefficient (Wildman–Crippen LogP) is 2.82. The summed E-state index contributed by atoms with van der Waals surface area (Å²) >= 11 is 0. The Kier molecular flexibility index (Phi) is 9.02. The van der Waals surface area contributed by atoms with E-state index in [9.17, 15) is 26.3 Å². The lowest BCUT2D eigenvalue weighted by Gasteiger charge is -1.93. The van der Waals surface area contributed by atoms with E-state index in [1.165, 1.54) is 0 Å². The van der Waals surface area contributed by atoms with Gasteiger partial charge >= 0.3 is 24.3 Å². The molecule has 2 N–H and O–H groups in total. The molecule has 11 heteroatoms. The van der Waals surface area contributed by atoms with Gasteiger partial charge in [0.15, 0.2) is 0 Å². The average molecular weight is 331 g/mol. The largest absolute Gasteiger partial charge is 0.490 e. The van der Waals surface area contributed by atoms with Gasteiger partial charge in [-0.25, -0.2) is 9.59 Å². The standard InChI is InChI=1S/C7H5N.2C2HF3O2/c8-6-7-4-2-1-3-5-7;2*3-2(4,5)1(6)7/h1-5H;2*(H,6,7). The normalized spacial score (nSPS) is 10.0. The van der Waals surface area contributed by atoms with E-state index in [4.69, 9.17) is 25.1 Å². The number of hydrogen-bond donors (Lipinski definition) is 2. The fourth-order valence-electron chi connectivity index (χ4n) is 0.513. The first-order valence-corrected chi connectivity index (χ1v) is 4.87. The van der Waals surface area contributed by atoms with Crippen LogP contribution in [0.25, 0.3) is 0 Å². The molecule has 0 unspecified atom stereocenters. The summed E-state index contributed by atoms with van der Waals surface area (Å²) in [7, 11) is 0. The van der Waals surface area contributed by atoms with E-state index in [0.29, 0.717) is 5.56 Å². The van der Waals surface area contributed by atoms with Gasteiger partial charge in [-0.2, -0.15) is 31.6 Å². The van der Waals surface area contributed by atoms with Crippen LogP contribution in [-0.2, 0) is 9.59 Å². The number of carbonyl (C=O) groups is 2. The fraction of sp³-hybridized carbons (Fsp3) is 0.182. The molecule has 1 rings (SSSR count). The van der Waals surface area contributed by atoms with Gasteiger partial charge in [-0.1, -0.05) is 18.2 Å². The highest BCUT2D eigenvalue weighted by molar-refractivity contribution is 5.73. The van der Waals surface area contributed by atoms with Crippen molar-refractivity contribution in [3.05, 3.63) is 35.9 Å². The van der Waals surface area contributed by atoms with Crippen molar-refractivity contribution >= 4 is 11.9 Å². The zero-order valence-electron chi connectivity index (χ0n) is 10.3. The Balaban J connectivity index is 0. The molecule has 0 saturated heterocycles. The number of carboxylic acids is 2. The van der Waals surface area contributed by atoms with Crippen LogP contribution in [0, 0.1) is 11.3 Å². The number of benzene rings is 1. The highest BCUT2D eigenvalue weighted by Crippen LogP contribution is 2.13. The minimum absolute atomic E-state index is 0.715. The molecule has 0 radical (unpaired) electrons. The van der Waals surface area contributed by atoms with Gasteiger partial charge in [-0.15, -0.1) is 0 Å². The fourth-order valence-corrected chi connectivity index (χ4v) is 0.513. The van der Waals surface area contributed by atoms with Crippen molar-refractivity contribution in [3.8, 4) is 6.07 Å². The van der Waals surface area contributed by atoms with E-state index in [2.05, 4.69) is 0 Å². The number of carboxylic acid groups (broad SMARTS) is 2. The van der Waals surface area contributed by atoms with Crippen molar-refractivity contribution in [2.24, 2.45) is 0 Å². The summed E-state index contributed by atoms with van der Waals surface area (Å²) in [5.74, 6) is -5.51. The van der Waals surface area contributed by atoms with Gasteiger partial charge in [0.25, 0.3) is 0 Å². The predicted molar refractivity (Wildman–Crippen MR) is 58.5 cm³/mol. The van der Waals surface area contributed by atoms with Crippen molar-refractivity contribution in [3.63, 3.8) is 0 Å². The van der Waals surface area contributed by atoms with Crippen molar-refractivity contribution in [2.45, 2.75) is 12.4 Å². The van der Waals surface area contributed by atoms with Gasteiger partial charge in [0.05, 0.1) is 11.6 Å². The number of alkyl halides is 6. The molecule has 1 aromatic carbocycles. The first-order chi connectivity index (χ1) is 9.82. The molecule has 0 amide bonds. The van der Waals surface area contributed by atoms with Gasteiger partial charge in [0, 0.05) is 0 Å². The Morgan fingerprint density at radius 2 is 1.14 bits per heavy atom. The van der Waals surface area contributed by atoms with E-state index in [0.717, 1.165) is 0 Å². The Morgan fingerprint density at radius 3 is 1.27 bits per heavy atom. The number of nitriles is 1. The lowest BCUT2D eigenvalue weighted by molar-refractivity contribution is -0.193. The Morgan fingerprint density at radius 1 is 0.864 bits per heavy atom. The van der Waals surface area contributed by atoms with E-state index in [1.807, 2.05) is 24.3 Å². The molecule has 0 atom stereocenters. The second-order valence-electron chi connectivity index (χ2n) is 3.08. The van der Waals surface area contributed by atoms with Crippen LogP contribution in [0.2, 0.25) is 0 Å². The summed E-state index contributed by atoms with van der Waals surface area (Å²) in [5, 5.41) is 22.5. The van der Waals surface area contributed by atoms with Crippen LogP contribution in [0.3, 0.4) is 0 Å². The topological polar surface area (TPSA) is 98.4 Å². The third-order valence-corrected chi connectivity index (χ3v) is 1.39. The number of hydrogen-bond acceptors (Lipinski definition) is 3. The minimum atomic E-state index is -5.08. The zero-order chi connectivity index (χ0) is 18.0. The van der Waals surface area contributed by atoms with E-state index in [1.54, 1.807) is 12.1 Å². The van der Waals surface area contributed by atoms with Crippen LogP contribution in [0.1, 0.15) is 5.56 Å². The van der Waals surface area contributed by atoms with Gasteiger partial charge < -0.3 is 10.2 Å². The van der Waals surface area contributed by atoms with Crippen LogP contribution < -0.4 is 0 Å². The summed E-state index contributed by atoms with van der Waals surface area (Å²) in [5.41, 5.74) is 0.715. The maximum atomic E-state index is 10.6. The molecule has 1 aromatic rings. The number of nitrogens with zero attached hydrogens (tertiary/aromatic N) is 1. The first kappa shape index (κ1) is 21.5. The molecule has 0 aliphatic carbocycles. The van der Waals surface area contributed by atoms with E-state index in [-0.39, 0.29) is 0 Å². The summed E-state index contributed by atoms with van der Waals surface area (Å²) in [6.07, 6.45) is -10.2. The van der Waals surface area contributed by atoms with E-state index < -0.39 is 24.3 Å². The Bertz CT molecular complexity index is 494. The van der Waals surface area contributed by atoms with Crippen molar-refractivity contribution in [2.75, 3.05) is 0 Å². The SMILES string of the molecule is N#Cc1ccccc1.O=C(O)C(F)(F)F.O=C(O)C(F)(F)F. The number of aliphatic carboxylic acids is 2. The molecular weight excluding hydrogens is 324 g/mol. The lowest BCUT2D eigenvalue weighted by atomic mass is 10.2. The molecule has 0 bridgehead atoms. The highest BCUT2D eigenvalue weighted by atomic mass is 19.4. The van der Waals surface area contributed by atoms with E-state index >= 15 is 0 Å². The molecule has 0 spiro atoms. The highest BCUT2D eigenvalue weighted by Gasteiger charge is 2.38. The van der Waals surface area contributed by atoms with Gasteiger partial charge in [-0.05, 0) is 12.1 Å². The summed E-state index contributed by atoms with van der Waals surface area (Å²) in [6, 6.07) is 11.2. The third kappa shape index (κ3) is 12.3. The molecule has 22 heavy (non-hydrogen) atoms. The molecule has 0 aromatic heterocycles. The molecule has 0 aliphatic rings. The maximum Gasteiger partial charge on any atom is 0.490 e. The third-order valence-electron chi connectivity index (χ3n) is 1.39. The smallest absolute Gasteiger partial charge is 0.475 e. The molecule has 0 heterocycles. The first-order valence-electron chi connectivity index (χ1n) is 4.87. The van der Waals surface area contributed by atoms with Gasteiger partial charge in [0.1, 0.15) is 0 Å². The quantitative estimate of drug-likeness (QED) is 0.712. The average Bonchev–Trinajstić information content (AvgIpc) is 2.39. The summed E-state index contributed by atoms with van der Waals surface area (Å²) in [4.78, 5) is 17.8. The monoisotopic (exact) mass is 331 g/mol. The summed E-state index contributed by atoms with van der Waals surface area (Å²) < 4.78 is 63.5.